The van der Waals surface area contributed by atoms with Crippen LogP contribution in [-0.4, -0.2) is 66.7 Å². The molecule has 1 saturated heterocycles. The average Bonchev–Trinajstić information content (AvgIpc) is 3.52. The lowest BCUT2D eigenvalue weighted by Gasteiger charge is -2.12. The van der Waals surface area contributed by atoms with Crippen molar-refractivity contribution in [1.29, 1.82) is 0 Å². The van der Waals surface area contributed by atoms with E-state index in [0.717, 1.165) is 28.4 Å². The van der Waals surface area contributed by atoms with Crippen LogP contribution in [-0.2, 0) is 17.9 Å². The Hall–Kier alpha value is -3.67. The van der Waals surface area contributed by atoms with Gasteiger partial charge in [-0.15, -0.1) is 0 Å². The van der Waals surface area contributed by atoms with Crippen molar-refractivity contribution in [3.63, 3.8) is 0 Å². The maximum atomic E-state index is 12.8. The number of aldehydes is 1. The van der Waals surface area contributed by atoms with Gasteiger partial charge < -0.3 is 15.0 Å². The minimum atomic E-state index is -0.510. The second-order valence-electron chi connectivity index (χ2n) is 8.14. The lowest BCUT2D eigenvalue weighted by atomic mass is 10.1. The number of aliphatic hydroxyl groups excluding tert-OH is 1. The number of carbonyl (C=O) groups excluding carboxylic acids is 1. The van der Waals surface area contributed by atoms with E-state index in [1.165, 1.54) is 0 Å². The summed E-state index contributed by atoms with van der Waals surface area (Å²) in [6.07, 6.45) is 5.46. The first-order valence-corrected chi connectivity index (χ1v) is 10.9. The Morgan fingerprint density at radius 2 is 2.21 bits per heavy atom. The second-order valence-corrected chi connectivity index (χ2v) is 8.14. The molecule has 0 bridgehead atoms. The quantitative estimate of drug-likeness (QED) is 0.382. The Labute approximate surface area is 194 Å². The Kier molecular flexibility index (Phi) is 6.05. The third-order valence-electron chi connectivity index (χ3n) is 5.71. The van der Waals surface area contributed by atoms with Crippen LogP contribution in [0.3, 0.4) is 0 Å². The Bertz CT molecular complexity index is 1340. The smallest absolute Gasteiger partial charge is 0.229 e. The molecule has 1 fully saturated rings. The summed E-state index contributed by atoms with van der Waals surface area (Å²) in [6, 6.07) is 7.25. The SMILES string of the molecule is Cc1nn(-c2ccnc(Nc3ccc4c(c3)c(C=O)cn4CCF)n2)cc1CN1C[C@H](O)CO1. The number of rotatable bonds is 8. The van der Waals surface area contributed by atoms with Crippen molar-refractivity contribution in [1.82, 2.24) is 29.4 Å². The van der Waals surface area contributed by atoms with Crippen LogP contribution < -0.4 is 5.32 Å². The van der Waals surface area contributed by atoms with Gasteiger partial charge in [0.25, 0.3) is 0 Å². The maximum Gasteiger partial charge on any atom is 0.229 e. The lowest BCUT2D eigenvalue weighted by Crippen LogP contribution is -2.20. The topological polar surface area (TPSA) is 110 Å². The van der Waals surface area contributed by atoms with Crippen LogP contribution in [0.25, 0.3) is 16.7 Å². The predicted octanol–water partition coefficient (Wildman–Crippen LogP) is 2.56. The molecule has 2 N–H and O–H groups in total. The van der Waals surface area contributed by atoms with Gasteiger partial charge in [-0.1, -0.05) is 0 Å². The average molecular weight is 465 g/mol. The van der Waals surface area contributed by atoms with E-state index in [1.54, 1.807) is 32.8 Å². The lowest BCUT2D eigenvalue weighted by molar-refractivity contribution is -0.118. The minimum Gasteiger partial charge on any atom is -0.389 e. The number of nitrogens with zero attached hydrogens (tertiary/aromatic N) is 6. The normalized spacial score (nSPS) is 16.4. The van der Waals surface area contributed by atoms with Gasteiger partial charge in [0.1, 0.15) is 6.67 Å². The molecule has 0 saturated carbocycles. The van der Waals surface area contributed by atoms with Gasteiger partial charge in [0.05, 0.1) is 38.0 Å². The zero-order chi connectivity index (χ0) is 23.7. The number of hydrogen-bond donors (Lipinski definition) is 2. The van der Waals surface area contributed by atoms with Crippen molar-refractivity contribution < 1.29 is 19.1 Å². The van der Waals surface area contributed by atoms with Crippen LogP contribution in [0.15, 0.2) is 42.9 Å². The molecule has 0 spiro atoms. The number of fused-ring (bicyclic) bond motifs is 1. The van der Waals surface area contributed by atoms with Crippen LogP contribution in [0.4, 0.5) is 16.0 Å². The minimum absolute atomic E-state index is 0.192. The molecule has 11 heteroatoms. The summed E-state index contributed by atoms with van der Waals surface area (Å²) in [5.41, 5.74) is 3.78. The molecular weight excluding hydrogens is 441 g/mol. The number of aliphatic hydroxyl groups is 1. The molecule has 0 aliphatic carbocycles. The number of aryl methyl sites for hydroxylation is 2. The van der Waals surface area contributed by atoms with Crippen molar-refractivity contribution >= 4 is 28.8 Å². The molecule has 3 aromatic heterocycles. The largest absolute Gasteiger partial charge is 0.389 e. The van der Waals surface area contributed by atoms with Gasteiger partial charge in [0.2, 0.25) is 5.95 Å². The Balaban J connectivity index is 1.37. The number of benzene rings is 1. The fraction of sp³-hybridized carbons (Fsp3) is 0.304. The Morgan fingerprint density at radius 1 is 1.32 bits per heavy atom. The standard InChI is InChI=1S/C23H24FN7O3/c1-15-16(10-30-12-19(33)14-34-30)11-31(28-15)22-4-6-25-23(27-22)26-18-2-3-21-20(8-18)17(13-32)9-29(21)7-5-24/h2-4,6,8-9,11,13,19,33H,5,7,10,12,14H2,1H3,(H,25,26,27)/t19-/m0/s1. The second kappa shape index (κ2) is 9.29. The zero-order valence-electron chi connectivity index (χ0n) is 18.6. The number of hydroxylamine groups is 2. The molecule has 34 heavy (non-hydrogen) atoms. The van der Waals surface area contributed by atoms with Gasteiger partial charge in [-0.3, -0.25) is 9.63 Å². The van der Waals surface area contributed by atoms with Gasteiger partial charge in [-0.25, -0.2) is 14.1 Å². The number of nitrogens with one attached hydrogen (secondary N) is 1. The van der Waals surface area contributed by atoms with Gasteiger partial charge >= 0.3 is 0 Å². The third kappa shape index (κ3) is 4.40. The molecule has 1 aromatic carbocycles. The molecule has 0 radical (unpaired) electrons. The molecule has 5 rings (SSSR count). The number of anilines is 2. The van der Waals surface area contributed by atoms with Crippen molar-refractivity contribution in [3.8, 4) is 5.82 Å². The maximum absolute atomic E-state index is 12.8. The molecule has 4 aromatic rings. The van der Waals surface area contributed by atoms with Crippen LogP contribution in [0, 0.1) is 6.92 Å². The number of aromatic nitrogens is 5. The zero-order valence-corrected chi connectivity index (χ0v) is 18.6. The molecule has 176 valence electrons. The van der Waals surface area contributed by atoms with E-state index >= 15 is 0 Å². The van der Waals surface area contributed by atoms with Crippen LogP contribution >= 0.6 is 0 Å². The number of β-amino-alcohol motifs (C(OH)–C–C–N with tert-alkyl or cyclic N) is 1. The summed E-state index contributed by atoms with van der Waals surface area (Å²) in [6.45, 7) is 2.87. The van der Waals surface area contributed by atoms with Gasteiger partial charge in [-0.05, 0) is 25.1 Å². The summed E-state index contributed by atoms with van der Waals surface area (Å²) < 4.78 is 16.2. The van der Waals surface area contributed by atoms with E-state index in [4.69, 9.17) is 4.84 Å². The van der Waals surface area contributed by atoms with E-state index in [1.807, 2.05) is 31.3 Å². The first-order chi connectivity index (χ1) is 16.5. The summed E-state index contributed by atoms with van der Waals surface area (Å²) in [4.78, 5) is 25.8. The van der Waals surface area contributed by atoms with E-state index in [2.05, 4.69) is 20.4 Å². The first-order valence-electron chi connectivity index (χ1n) is 10.9. The van der Waals surface area contributed by atoms with E-state index in [0.29, 0.717) is 42.7 Å². The van der Waals surface area contributed by atoms with Gasteiger partial charge in [0.15, 0.2) is 12.1 Å². The van der Waals surface area contributed by atoms with Crippen molar-refractivity contribution in [2.45, 2.75) is 26.1 Å². The van der Waals surface area contributed by atoms with Crippen LogP contribution in [0.5, 0.6) is 0 Å². The number of alkyl halides is 1. The molecule has 4 heterocycles. The van der Waals surface area contributed by atoms with Crippen molar-refractivity contribution in [2.24, 2.45) is 0 Å². The monoisotopic (exact) mass is 465 g/mol. The summed E-state index contributed by atoms with van der Waals surface area (Å²) in [5, 5.41) is 19.8. The van der Waals surface area contributed by atoms with Crippen molar-refractivity contribution in [2.75, 3.05) is 25.1 Å². The van der Waals surface area contributed by atoms with Gasteiger partial charge in [-0.2, -0.15) is 15.1 Å². The van der Waals surface area contributed by atoms with E-state index in [9.17, 15) is 14.3 Å². The fourth-order valence-electron chi connectivity index (χ4n) is 4.04. The summed E-state index contributed by atoms with van der Waals surface area (Å²) in [7, 11) is 0. The highest BCUT2D eigenvalue weighted by atomic mass is 19.1. The highest BCUT2D eigenvalue weighted by Crippen LogP contribution is 2.26. The van der Waals surface area contributed by atoms with Crippen molar-refractivity contribution in [3.05, 3.63) is 59.7 Å². The molecule has 0 amide bonds. The van der Waals surface area contributed by atoms with E-state index in [-0.39, 0.29) is 6.54 Å². The first kappa shape index (κ1) is 22.1. The number of halogens is 1. The van der Waals surface area contributed by atoms with E-state index < -0.39 is 12.8 Å². The Morgan fingerprint density at radius 3 is 2.97 bits per heavy atom. The summed E-state index contributed by atoms with van der Waals surface area (Å²) >= 11 is 0. The molecule has 1 atom stereocenters. The molecule has 0 unspecified atom stereocenters. The highest BCUT2D eigenvalue weighted by Gasteiger charge is 2.23. The predicted molar refractivity (Wildman–Crippen MR) is 123 cm³/mol. The highest BCUT2D eigenvalue weighted by molar-refractivity contribution is 5.99. The summed E-state index contributed by atoms with van der Waals surface area (Å²) in [5.74, 6) is 0.950. The van der Waals surface area contributed by atoms with Crippen LogP contribution in [0.2, 0.25) is 0 Å². The molecule has 10 nitrogen and oxygen atoms in total. The number of carbonyl (C=O) groups is 1. The fourth-order valence-corrected chi connectivity index (χ4v) is 4.04. The van der Waals surface area contributed by atoms with Crippen LogP contribution in [0.1, 0.15) is 21.6 Å². The van der Waals surface area contributed by atoms with Gasteiger partial charge in [0, 0.05) is 52.4 Å². The molecular formula is C23H24FN7O3. The molecule has 1 aliphatic heterocycles. The molecule has 1 aliphatic rings. The number of hydrogen-bond acceptors (Lipinski definition) is 8. The third-order valence-corrected chi connectivity index (χ3v) is 5.71.